The second kappa shape index (κ2) is 7.32. The molecule has 2 aromatic heterocycles. The predicted octanol–water partition coefficient (Wildman–Crippen LogP) is 3.54. The lowest BCUT2D eigenvalue weighted by Crippen LogP contribution is -2.28. The lowest BCUT2D eigenvalue weighted by molar-refractivity contribution is 0.0962. The number of carbonyl (C=O) groups excluding carboxylic acids is 2. The standard InChI is InChI=1S/C19H18N4O3S/c1-2-4-14-17(27-22-21-14)18(24)20-13-7-6-12-8-9-23(15(12)11-13)19(25)16-5-3-10-26-16/h3,5-7,10-11H,2,4,8-9H2,1H3,(H,20,24). The summed E-state index contributed by atoms with van der Waals surface area (Å²) in [6, 6.07) is 8.97. The van der Waals surface area contributed by atoms with Crippen molar-refractivity contribution in [3.63, 3.8) is 0 Å². The Balaban J connectivity index is 1.56. The van der Waals surface area contributed by atoms with Gasteiger partial charge < -0.3 is 14.6 Å². The molecule has 138 valence electrons. The van der Waals surface area contributed by atoms with Crippen LogP contribution in [0.5, 0.6) is 0 Å². The molecule has 1 aromatic carbocycles. The molecule has 3 aromatic rings. The summed E-state index contributed by atoms with van der Waals surface area (Å²) in [6.45, 7) is 2.62. The van der Waals surface area contributed by atoms with Gasteiger partial charge >= 0.3 is 0 Å². The van der Waals surface area contributed by atoms with Crippen molar-refractivity contribution in [2.45, 2.75) is 26.2 Å². The molecule has 0 fully saturated rings. The summed E-state index contributed by atoms with van der Waals surface area (Å²) >= 11 is 1.10. The molecule has 8 heteroatoms. The van der Waals surface area contributed by atoms with Gasteiger partial charge in [-0.05, 0) is 54.2 Å². The SMILES string of the molecule is CCCc1nnsc1C(=O)Nc1ccc2c(c1)N(C(=O)c1ccco1)CC2. The minimum absolute atomic E-state index is 0.181. The molecule has 3 heterocycles. The number of furan rings is 1. The van der Waals surface area contributed by atoms with Crippen LogP contribution in [0.2, 0.25) is 0 Å². The number of benzene rings is 1. The molecule has 0 radical (unpaired) electrons. The van der Waals surface area contributed by atoms with Gasteiger partial charge in [0, 0.05) is 17.9 Å². The molecule has 1 aliphatic heterocycles. The van der Waals surface area contributed by atoms with Crippen molar-refractivity contribution in [1.29, 1.82) is 0 Å². The van der Waals surface area contributed by atoms with Crippen LogP contribution in [0.4, 0.5) is 11.4 Å². The number of rotatable bonds is 5. The van der Waals surface area contributed by atoms with Gasteiger partial charge in [-0.15, -0.1) is 5.10 Å². The monoisotopic (exact) mass is 382 g/mol. The Bertz CT molecular complexity index is 981. The topological polar surface area (TPSA) is 88.3 Å². The third-order valence-corrected chi connectivity index (χ3v) is 5.23. The molecule has 7 nitrogen and oxygen atoms in total. The van der Waals surface area contributed by atoms with Gasteiger partial charge in [0.05, 0.1) is 12.0 Å². The lowest BCUT2D eigenvalue weighted by Gasteiger charge is -2.16. The fourth-order valence-electron chi connectivity index (χ4n) is 3.17. The van der Waals surface area contributed by atoms with Crippen LogP contribution in [-0.2, 0) is 12.8 Å². The maximum atomic E-state index is 12.6. The van der Waals surface area contributed by atoms with E-state index in [4.69, 9.17) is 4.42 Å². The highest BCUT2D eigenvalue weighted by Crippen LogP contribution is 2.32. The van der Waals surface area contributed by atoms with E-state index in [0.717, 1.165) is 47.7 Å². The number of nitrogens with one attached hydrogen (secondary N) is 1. The van der Waals surface area contributed by atoms with E-state index in [9.17, 15) is 9.59 Å². The van der Waals surface area contributed by atoms with E-state index in [1.165, 1.54) is 6.26 Å². The van der Waals surface area contributed by atoms with Crippen molar-refractivity contribution in [2.24, 2.45) is 0 Å². The molecule has 1 N–H and O–H groups in total. The molecule has 1 aliphatic rings. The van der Waals surface area contributed by atoms with Gasteiger partial charge in [-0.2, -0.15) is 0 Å². The molecule has 0 spiro atoms. The predicted molar refractivity (Wildman–Crippen MR) is 102 cm³/mol. The lowest BCUT2D eigenvalue weighted by atomic mass is 10.1. The summed E-state index contributed by atoms with van der Waals surface area (Å²) < 4.78 is 9.12. The first kappa shape index (κ1) is 17.4. The van der Waals surface area contributed by atoms with E-state index in [1.807, 2.05) is 25.1 Å². The average molecular weight is 382 g/mol. The van der Waals surface area contributed by atoms with Gasteiger partial charge in [0.15, 0.2) is 5.76 Å². The van der Waals surface area contributed by atoms with Crippen LogP contribution in [0, 0.1) is 0 Å². The highest BCUT2D eigenvalue weighted by atomic mass is 32.1. The van der Waals surface area contributed by atoms with Gasteiger partial charge in [-0.25, -0.2) is 0 Å². The Morgan fingerprint density at radius 2 is 2.22 bits per heavy atom. The second-order valence-corrected chi connectivity index (χ2v) is 7.03. The van der Waals surface area contributed by atoms with E-state index < -0.39 is 0 Å². The molecule has 0 atom stereocenters. The van der Waals surface area contributed by atoms with E-state index in [1.54, 1.807) is 17.0 Å². The maximum absolute atomic E-state index is 12.6. The number of nitrogens with zero attached hydrogens (tertiary/aromatic N) is 3. The molecule has 0 bridgehead atoms. The number of aromatic nitrogens is 2. The number of hydrogen-bond acceptors (Lipinski definition) is 6. The minimum atomic E-state index is -0.227. The molecular formula is C19H18N4O3S. The molecule has 0 saturated carbocycles. The summed E-state index contributed by atoms with van der Waals surface area (Å²) in [5, 5.41) is 6.93. The maximum Gasteiger partial charge on any atom is 0.293 e. The van der Waals surface area contributed by atoms with Crippen molar-refractivity contribution in [3.8, 4) is 0 Å². The summed E-state index contributed by atoms with van der Waals surface area (Å²) in [6.07, 6.45) is 3.87. The summed E-state index contributed by atoms with van der Waals surface area (Å²) in [7, 11) is 0. The molecule has 0 unspecified atom stereocenters. The van der Waals surface area contributed by atoms with Crippen molar-refractivity contribution in [2.75, 3.05) is 16.8 Å². The number of aryl methyl sites for hydroxylation is 1. The van der Waals surface area contributed by atoms with Crippen LogP contribution in [0.25, 0.3) is 0 Å². The molecule has 4 rings (SSSR count). The van der Waals surface area contributed by atoms with Crippen LogP contribution >= 0.6 is 11.5 Å². The van der Waals surface area contributed by atoms with Gasteiger partial charge in [-0.1, -0.05) is 23.9 Å². The molecule has 0 saturated heterocycles. The number of anilines is 2. The first-order valence-electron chi connectivity index (χ1n) is 8.78. The Kier molecular flexibility index (Phi) is 4.72. The highest BCUT2D eigenvalue weighted by Gasteiger charge is 2.27. The normalized spacial score (nSPS) is 12.9. The Morgan fingerprint density at radius 3 is 3.00 bits per heavy atom. The van der Waals surface area contributed by atoms with Crippen molar-refractivity contribution in [3.05, 3.63) is 58.5 Å². The Labute approximate surface area is 160 Å². The van der Waals surface area contributed by atoms with E-state index in [0.29, 0.717) is 22.9 Å². The minimum Gasteiger partial charge on any atom is -0.459 e. The number of hydrogen-bond donors (Lipinski definition) is 1. The van der Waals surface area contributed by atoms with Gasteiger partial charge in [0.25, 0.3) is 11.8 Å². The molecule has 2 amide bonds. The molecule has 27 heavy (non-hydrogen) atoms. The van der Waals surface area contributed by atoms with Gasteiger partial charge in [0.2, 0.25) is 0 Å². The number of carbonyl (C=O) groups is 2. The number of fused-ring (bicyclic) bond motifs is 1. The molecular weight excluding hydrogens is 364 g/mol. The van der Waals surface area contributed by atoms with E-state index in [-0.39, 0.29) is 11.8 Å². The largest absolute Gasteiger partial charge is 0.459 e. The van der Waals surface area contributed by atoms with Crippen LogP contribution in [-0.4, -0.2) is 27.9 Å². The Morgan fingerprint density at radius 1 is 1.33 bits per heavy atom. The van der Waals surface area contributed by atoms with Crippen LogP contribution in [0.1, 0.15) is 44.8 Å². The zero-order valence-corrected chi connectivity index (χ0v) is 15.6. The van der Waals surface area contributed by atoms with E-state index >= 15 is 0 Å². The quantitative estimate of drug-likeness (QED) is 0.729. The zero-order chi connectivity index (χ0) is 18.8. The fraction of sp³-hybridized carbons (Fsp3) is 0.263. The van der Waals surface area contributed by atoms with Crippen LogP contribution < -0.4 is 10.2 Å². The first-order chi connectivity index (χ1) is 13.2. The first-order valence-corrected chi connectivity index (χ1v) is 9.55. The third-order valence-electron chi connectivity index (χ3n) is 4.46. The highest BCUT2D eigenvalue weighted by molar-refractivity contribution is 7.08. The molecule has 0 aliphatic carbocycles. The van der Waals surface area contributed by atoms with Crippen LogP contribution in [0.15, 0.2) is 41.0 Å². The number of amides is 2. The van der Waals surface area contributed by atoms with Crippen LogP contribution in [0.3, 0.4) is 0 Å². The summed E-state index contributed by atoms with van der Waals surface area (Å²) in [4.78, 5) is 27.4. The summed E-state index contributed by atoms with van der Waals surface area (Å²) in [5.41, 5.74) is 3.22. The van der Waals surface area contributed by atoms with E-state index in [2.05, 4.69) is 14.9 Å². The van der Waals surface area contributed by atoms with Gasteiger partial charge in [0.1, 0.15) is 4.88 Å². The van der Waals surface area contributed by atoms with Crippen molar-refractivity contribution in [1.82, 2.24) is 9.59 Å². The fourth-order valence-corrected chi connectivity index (χ4v) is 3.77. The van der Waals surface area contributed by atoms with Gasteiger partial charge in [-0.3, -0.25) is 9.59 Å². The second-order valence-electron chi connectivity index (χ2n) is 6.28. The average Bonchev–Trinajstić information content (AvgIpc) is 3.41. The Hall–Kier alpha value is -3.00. The van der Waals surface area contributed by atoms with Crippen molar-refractivity contribution >= 4 is 34.7 Å². The third kappa shape index (κ3) is 3.35. The van der Waals surface area contributed by atoms with Crippen molar-refractivity contribution < 1.29 is 14.0 Å². The summed E-state index contributed by atoms with van der Waals surface area (Å²) in [5.74, 6) is -0.105. The smallest absolute Gasteiger partial charge is 0.293 e. The zero-order valence-electron chi connectivity index (χ0n) is 14.8.